The van der Waals surface area contributed by atoms with Crippen molar-refractivity contribution in [2.45, 2.75) is 18.9 Å². The van der Waals surface area contributed by atoms with Gasteiger partial charge < -0.3 is 10.0 Å². The van der Waals surface area contributed by atoms with Crippen molar-refractivity contribution in [1.82, 2.24) is 0 Å². The summed E-state index contributed by atoms with van der Waals surface area (Å²) in [6.07, 6.45) is 0.392. The molecule has 0 radical (unpaired) electrons. The fourth-order valence-corrected chi connectivity index (χ4v) is 2.08. The van der Waals surface area contributed by atoms with Gasteiger partial charge >= 0.3 is 5.69 Å². The highest BCUT2D eigenvalue weighted by Gasteiger charge is 2.28. The molecule has 1 aromatic rings. The van der Waals surface area contributed by atoms with Gasteiger partial charge in [0, 0.05) is 25.2 Å². The summed E-state index contributed by atoms with van der Waals surface area (Å²) in [6.45, 7) is 0.676. The molecule has 1 N–H and O–H groups in total. The van der Waals surface area contributed by atoms with Crippen LogP contribution in [0.3, 0.4) is 0 Å². The zero-order valence-electron chi connectivity index (χ0n) is 9.47. The number of halogens is 2. The smallest absolute Gasteiger partial charge is 0.328 e. The lowest BCUT2D eigenvalue weighted by molar-refractivity contribution is -0.386. The van der Waals surface area contributed by atoms with Crippen LogP contribution < -0.4 is 4.90 Å². The van der Waals surface area contributed by atoms with Gasteiger partial charge in [0.2, 0.25) is 5.82 Å². The zero-order valence-corrected chi connectivity index (χ0v) is 9.47. The fourth-order valence-electron chi connectivity index (χ4n) is 2.08. The maximum absolute atomic E-state index is 13.4. The number of aliphatic hydroxyl groups is 1. The Labute approximate surface area is 102 Å². The number of hydrogen-bond donors (Lipinski definition) is 1. The Balaban J connectivity index is 2.39. The lowest BCUT2D eigenvalue weighted by Crippen LogP contribution is -2.36. The van der Waals surface area contributed by atoms with E-state index in [9.17, 15) is 24.0 Å². The van der Waals surface area contributed by atoms with E-state index in [0.29, 0.717) is 32.0 Å². The van der Waals surface area contributed by atoms with Gasteiger partial charge in [0.1, 0.15) is 11.5 Å². The minimum Gasteiger partial charge on any atom is -0.393 e. The second kappa shape index (κ2) is 4.85. The summed E-state index contributed by atoms with van der Waals surface area (Å²) in [5, 5.41) is 20.2. The van der Waals surface area contributed by atoms with Crippen LogP contribution in [0.25, 0.3) is 0 Å². The van der Waals surface area contributed by atoms with Gasteiger partial charge in [0.25, 0.3) is 0 Å². The Morgan fingerprint density at radius 3 is 2.50 bits per heavy atom. The van der Waals surface area contributed by atoms with Crippen molar-refractivity contribution in [2.24, 2.45) is 0 Å². The topological polar surface area (TPSA) is 66.6 Å². The summed E-state index contributed by atoms with van der Waals surface area (Å²) >= 11 is 0. The Morgan fingerprint density at radius 2 is 1.94 bits per heavy atom. The Bertz CT molecular complexity index is 474. The fraction of sp³-hybridized carbons (Fsp3) is 0.455. The summed E-state index contributed by atoms with van der Waals surface area (Å²) in [5.41, 5.74) is -0.780. The summed E-state index contributed by atoms with van der Waals surface area (Å²) in [5.74, 6) is -2.03. The Hall–Kier alpha value is -1.76. The molecule has 1 saturated heterocycles. The van der Waals surface area contributed by atoms with E-state index < -0.39 is 28.3 Å². The molecule has 0 aromatic heterocycles. The molecule has 0 saturated carbocycles. The van der Waals surface area contributed by atoms with Crippen molar-refractivity contribution in [3.8, 4) is 0 Å². The minimum absolute atomic E-state index is 0.0654. The second-order valence-electron chi connectivity index (χ2n) is 4.23. The van der Waals surface area contributed by atoms with Gasteiger partial charge in [-0.25, -0.2) is 4.39 Å². The van der Waals surface area contributed by atoms with Gasteiger partial charge in [-0.2, -0.15) is 4.39 Å². The van der Waals surface area contributed by atoms with Gasteiger partial charge in [-0.05, 0) is 12.8 Å². The molecule has 7 heteroatoms. The molecule has 1 heterocycles. The highest BCUT2D eigenvalue weighted by atomic mass is 19.1. The SMILES string of the molecule is O=[N+]([O-])c1c(F)cc(F)cc1N1CCC(O)CC1. The molecule has 1 fully saturated rings. The standard InChI is InChI=1S/C11H12F2N2O3/c12-7-5-9(13)11(15(17)18)10(6-7)14-3-1-8(16)2-4-14/h5-6,8,16H,1-4H2. The van der Waals surface area contributed by atoms with Crippen molar-refractivity contribution < 1.29 is 18.8 Å². The molecular formula is C11H12F2N2O3. The molecule has 0 atom stereocenters. The van der Waals surface area contributed by atoms with Crippen molar-refractivity contribution in [3.05, 3.63) is 33.9 Å². The van der Waals surface area contributed by atoms with E-state index in [2.05, 4.69) is 0 Å². The number of hydrogen-bond acceptors (Lipinski definition) is 4. The predicted octanol–water partition coefficient (Wildman–Crippen LogP) is 1.83. The number of rotatable bonds is 2. The first-order chi connectivity index (χ1) is 8.49. The Kier molecular flexibility index (Phi) is 3.42. The van der Waals surface area contributed by atoms with Gasteiger partial charge in [-0.1, -0.05) is 0 Å². The molecule has 0 bridgehead atoms. The number of piperidine rings is 1. The largest absolute Gasteiger partial charge is 0.393 e. The van der Waals surface area contributed by atoms with Crippen LogP contribution in [0.1, 0.15) is 12.8 Å². The average molecular weight is 258 g/mol. The predicted molar refractivity (Wildman–Crippen MR) is 60.5 cm³/mol. The first kappa shape index (κ1) is 12.7. The molecule has 1 aliphatic rings. The van der Waals surface area contributed by atoms with Crippen LogP contribution in [0.15, 0.2) is 12.1 Å². The Morgan fingerprint density at radius 1 is 1.33 bits per heavy atom. The van der Waals surface area contributed by atoms with E-state index >= 15 is 0 Å². The molecule has 0 aliphatic carbocycles. The summed E-state index contributed by atoms with van der Waals surface area (Å²) in [7, 11) is 0. The van der Waals surface area contributed by atoms with Crippen LogP contribution >= 0.6 is 0 Å². The molecule has 1 aromatic carbocycles. The first-order valence-corrected chi connectivity index (χ1v) is 5.55. The van der Waals surface area contributed by atoms with Crippen LogP contribution in [-0.4, -0.2) is 29.2 Å². The van der Waals surface area contributed by atoms with Crippen molar-refractivity contribution in [2.75, 3.05) is 18.0 Å². The zero-order chi connectivity index (χ0) is 13.3. The van der Waals surface area contributed by atoms with Crippen LogP contribution in [0.4, 0.5) is 20.2 Å². The molecule has 18 heavy (non-hydrogen) atoms. The number of nitro groups is 1. The molecule has 2 rings (SSSR count). The molecule has 98 valence electrons. The van der Waals surface area contributed by atoms with E-state index in [1.54, 1.807) is 0 Å². The van der Waals surface area contributed by atoms with E-state index in [-0.39, 0.29) is 5.69 Å². The lowest BCUT2D eigenvalue weighted by Gasteiger charge is -2.31. The first-order valence-electron chi connectivity index (χ1n) is 5.55. The number of nitro benzene ring substituents is 1. The van der Waals surface area contributed by atoms with E-state index in [0.717, 1.165) is 6.07 Å². The van der Waals surface area contributed by atoms with Crippen molar-refractivity contribution in [1.29, 1.82) is 0 Å². The quantitative estimate of drug-likeness (QED) is 0.649. The third-order valence-corrected chi connectivity index (χ3v) is 3.00. The maximum atomic E-state index is 13.4. The molecule has 0 amide bonds. The van der Waals surface area contributed by atoms with Crippen molar-refractivity contribution in [3.63, 3.8) is 0 Å². The number of benzene rings is 1. The third kappa shape index (κ3) is 2.40. The average Bonchev–Trinajstić information content (AvgIpc) is 2.28. The van der Waals surface area contributed by atoms with Crippen LogP contribution in [-0.2, 0) is 0 Å². The summed E-state index contributed by atoms with van der Waals surface area (Å²) < 4.78 is 26.6. The van der Waals surface area contributed by atoms with Gasteiger partial charge in [0.05, 0.1) is 11.0 Å². The van der Waals surface area contributed by atoms with Crippen molar-refractivity contribution >= 4 is 11.4 Å². The van der Waals surface area contributed by atoms with Crippen LogP contribution in [0.5, 0.6) is 0 Å². The number of aliphatic hydroxyl groups excluding tert-OH is 1. The molecule has 0 unspecified atom stereocenters. The number of anilines is 1. The second-order valence-corrected chi connectivity index (χ2v) is 4.23. The van der Waals surface area contributed by atoms with E-state index in [1.165, 1.54) is 4.90 Å². The normalized spacial score (nSPS) is 16.9. The minimum atomic E-state index is -1.18. The van der Waals surface area contributed by atoms with Crippen LogP contribution in [0.2, 0.25) is 0 Å². The summed E-state index contributed by atoms with van der Waals surface area (Å²) in [6, 6.07) is 1.46. The monoisotopic (exact) mass is 258 g/mol. The van der Waals surface area contributed by atoms with E-state index in [1.807, 2.05) is 0 Å². The third-order valence-electron chi connectivity index (χ3n) is 3.00. The number of nitrogens with zero attached hydrogens (tertiary/aromatic N) is 2. The lowest BCUT2D eigenvalue weighted by atomic mass is 10.1. The van der Waals surface area contributed by atoms with Gasteiger partial charge in [0.15, 0.2) is 0 Å². The molecular weight excluding hydrogens is 246 g/mol. The summed E-state index contributed by atoms with van der Waals surface area (Å²) in [4.78, 5) is 11.5. The van der Waals surface area contributed by atoms with Gasteiger partial charge in [-0.15, -0.1) is 0 Å². The maximum Gasteiger partial charge on any atom is 0.328 e. The van der Waals surface area contributed by atoms with Crippen LogP contribution in [0, 0.1) is 21.7 Å². The molecule has 0 spiro atoms. The highest BCUT2D eigenvalue weighted by molar-refractivity contribution is 5.64. The van der Waals surface area contributed by atoms with Gasteiger partial charge in [-0.3, -0.25) is 10.1 Å². The molecule has 5 nitrogen and oxygen atoms in total. The van der Waals surface area contributed by atoms with E-state index in [4.69, 9.17) is 0 Å². The molecule has 1 aliphatic heterocycles. The highest BCUT2D eigenvalue weighted by Crippen LogP contribution is 2.33.